The van der Waals surface area contributed by atoms with Crippen molar-refractivity contribution in [1.82, 2.24) is 5.32 Å². The van der Waals surface area contributed by atoms with Crippen molar-refractivity contribution < 1.29 is 14.3 Å². The number of carbonyl (C=O) groups excluding carboxylic acids is 2. The Bertz CT molecular complexity index is 463. The highest BCUT2D eigenvalue weighted by atomic mass is 79.9. The lowest BCUT2D eigenvalue weighted by Crippen LogP contribution is -2.53. The molecule has 4 rings (SSSR count). The number of amides is 1. The van der Waals surface area contributed by atoms with E-state index in [4.69, 9.17) is 4.74 Å². The summed E-state index contributed by atoms with van der Waals surface area (Å²) in [7, 11) is 0. The molecule has 4 aliphatic rings. The van der Waals surface area contributed by atoms with Crippen molar-refractivity contribution in [2.45, 2.75) is 69.2 Å². The van der Waals surface area contributed by atoms with Gasteiger partial charge in [0, 0.05) is 10.4 Å². The summed E-state index contributed by atoms with van der Waals surface area (Å²) in [5.74, 6) is 1.10. The fourth-order valence-corrected chi connectivity index (χ4v) is 6.92. The number of rotatable bonds is 5. The highest BCUT2D eigenvalue weighted by Gasteiger charge is 2.57. The molecule has 5 heteroatoms. The molecule has 0 heterocycles. The number of carbonyl (C=O) groups is 2. The molecule has 124 valence electrons. The Kier molecular flexibility index (Phi) is 4.30. The highest BCUT2D eigenvalue weighted by molar-refractivity contribution is 9.10. The lowest BCUT2D eigenvalue weighted by Gasteiger charge is -2.60. The molecule has 1 N–H and O–H groups in total. The van der Waals surface area contributed by atoms with Crippen molar-refractivity contribution in [3.63, 3.8) is 0 Å². The van der Waals surface area contributed by atoms with Gasteiger partial charge in [-0.2, -0.15) is 0 Å². The zero-order valence-corrected chi connectivity index (χ0v) is 15.1. The van der Waals surface area contributed by atoms with Crippen molar-refractivity contribution in [3.05, 3.63) is 0 Å². The summed E-state index contributed by atoms with van der Waals surface area (Å²) in [6, 6.07) is 0.0719. The van der Waals surface area contributed by atoms with Gasteiger partial charge >= 0.3 is 5.97 Å². The van der Waals surface area contributed by atoms with Crippen LogP contribution in [0.1, 0.15) is 58.8 Å². The Morgan fingerprint density at radius 3 is 2.41 bits per heavy atom. The molecule has 1 amide bonds. The van der Waals surface area contributed by atoms with Crippen LogP contribution in [0.5, 0.6) is 0 Å². The number of esters is 1. The molecule has 0 aromatic rings. The molecule has 0 aromatic carbocycles. The van der Waals surface area contributed by atoms with Crippen molar-refractivity contribution in [2.75, 3.05) is 6.61 Å². The summed E-state index contributed by atoms with van der Waals surface area (Å²) in [6.07, 6.45) is 7.73. The third kappa shape index (κ3) is 3.50. The minimum absolute atomic E-state index is 0.0719. The predicted octanol–water partition coefficient (Wildman–Crippen LogP) is 3.18. The number of hydrogen-bond donors (Lipinski definition) is 1. The molecule has 4 bridgehead atoms. The van der Waals surface area contributed by atoms with Gasteiger partial charge < -0.3 is 10.1 Å². The van der Waals surface area contributed by atoms with E-state index in [9.17, 15) is 9.59 Å². The molecule has 4 atom stereocenters. The van der Waals surface area contributed by atoms with Gasteiger partial charge in [-0.1, -0.05) is 15.9 Å². The molecule has 0 aromatic heterocycles. The van der Waals surface area contributed by atoms with Gasteiger partial charge in [0.25, 0.3) is 5.91 Å². The smallest absolute Gasteiger partial charge is 0.306 e. The van der Waals surface area contributed by atoms with Gasteiger partial charge in [-0.15, -0.1) is 0 Å². The monoisotopic (exact) mass is 371 g/mol. The molecular weight excluding hydrogens is 346 g/mol. The fraction of sp³-hybridized carbons (Fsp3) is 0.882. The predicted molar refractivity (Wildman–Crippen MR) is 87.6 cm³/mol. The second kappa shape index (κ2) is 5.81. The average molecular weight is 372 g/mol. The third-order valence-corrected chi connectivity index (χ3v) is 6.37. The Morgan fingerprint density at radius 1 is 1.23 bits per heavy atom. The summed E-state index contributed by atoms with van der Waals surface area (Å²) < 4.78 is 5.47. The molecule has 0 aliphatic heterocycles. The van der Waals surface area contributed by atoms with Gasteiger partial charge in [-0.3, -0.25) is 9.59 Å². The molecule has 4 nitrogen and oxygen atoms in total. The molecule has 0 radical (unpaired) electrons. The maximum absolute atomic E-state index is 12.2. The summed E-state index contributed by atoms with van der Waals surface area (Å²) in [5.41, 5.74) is 0.110. The van der Waals surface area contributed by atoms with E-state index < -0.39 is 0 Å². The second-order valence-corrected chi connectivity index (χ2v) is 9.85. The van der Waals surface area contributed by atoms with E-state index in [1.54, 1.807) is 0 Å². The van der Waals surface area contributed by atoms with Crippen molar-refractivity contribution in [2.24, 2.45) is 17.3 Å². The van der Waals surface area contributed by atoms with Crippen LogP contribution >= 0.6 is 15.9 Å². The molecule has 4 aliphatic carbocycles. The van der Waals surface area contributed by atoms with E-state index in [1.807, 2.05) is 13.8 Å². The van der Waals surface area contributed by atoms with Gasteiger partial charge in [0.05, 0.1) is 6.42 Å². The van der Waals surface area contributed by atoms with Gasteiger partial charge in [-0.25, -0.2) is 0 Å². The Labute approximate surface area is 140 Å². The molecule has 0 spiro atoms. The maximum Gasteiger partial charge on any atom is 0.306 e. The summed E-state index contributed by atoms with van der Waals surface area (Å²) >= 11 is 3.96. The van der Waals surface area contributed by atoms with Gasteiger partial charge in [-0.05, 0) is 69.6 Å². The van der Waals surface area contributed by atoms with E-state index in [0.29, 0.717) is 6.42 Å². The molecule has 2 unspecified atom stereocenters. The van der Waals surface area contributed by atoms with E-state index in [0.717, 1.165) is 31.1 Å². The van der Waals surface area contributed by atoms with Crippen molar-refractivity contribution in [3.8, 4) is 0 Å². The van der Waals surface area contributed by atoms with E-state index in [2.05, 4.69) is 21.2 Å². The lowest BCUT2D eigenvalue weighted by molar-refractivity contribution is -0.154. The van der Waals surface area contributed by atoms with E-state index >= 15 is 0 Å². The number of hydrogen-bond acceptors (Lipinski definition) is 3. The minimum atomic E-state index is -0.217. The van der Waals surface area contributed by atoms with E-state index in [1.165, 1.54) is 19.3 Å². The number of ether oxygens (including phenoxy) is 1. The van der Waals surface area contributed by atoms with Gasteiger partial charge in [0.15, 0.2) is 6.61 Å². The SMILES string of the molecule is CC(C)NC(=O)COC(=O)CC12C[C@@H]3C[C@@H](CC(Br)(C3)C1)C2. The summed E-state index contributed by atoms with van der Waals surface area (Å²) in [5, 5.41) is 2.74. The second-order valence-electron chi connectivity index (χ2n) is 8.17. The summed E-state index contributed by atoms with van der Waals surface area (Å²) in [4.78, 5) is 23.8. The highest BCUT2D eigenvalue weighted by Crippen LogP contribution is 2.65. The Morgan fingerprint density at radius 2 is 1.86 bits per heavy atom. The van der Waals surface area contributed by atoms with Crippen LogP contribution in [-0.4, -0.2) is 28.8 Å². The van der Waals surface area contributed by atoms with Crippen LogP contribution in [0.15, 0.2) is 0 Å². The minimum Gasteiger partial charge on any atom is -0.456 e. The van der Waals surface area contributed by atoms with Crippen LogP contribution in [-0.2, 0) is 14.3 Å². The van der Waals surface area contributed by atoms with Crippen LogP contribution in [0.3, 0.4) is 0 Å². The Balaban J connectivity index is 1.54. The molecular formula is C17H26BrNO3. The Hall–Kier alpha value is -0.580. The van der Waals surface area contributed by atoms with Gasteiger partial charge in [0.2, 0.25) is 0 Å². The summed E-state index contributed by atoms with van der Waals surface area (Å²) in [6.45, 7) is 3.63. The van der Waals surface area contributed by atoms with Crippen LogP contribution in [0.4, 0.5) is 0 Å². The topological polar surface area (TPSA) is 55.4 Å². The molecule has 0 saturated heterocycles. The van der Waals surface area contributed by atoms with Crippen LogP contribution in [0, 0.1) is 17.3 Å². The van der Waals surface area contributed by atoms with Gasteiger partial charge in [0.1, 0.15) is 0 Å². The van der Waals surface area contributed by atoms with Crippen molar-refractivity contribution in [1.29, 1.82) is 0 Å². The lowest BCUT2D eigenvalue weighted by atomic mass is 9.49. The zero-order valence-electron chi connectivity index (χ0n) is 13.5. The third-order valence-electron chi connectivity index (χ3n) is 5.44. The number of alkyl halides is 1. The first-order chi connectivity index (χ1) is 10.3. The maximum atomic E-state index is 12.2. The normalized spacial score (nSPS) is 39.1. The largest absolute Gasteiger partial charge is 0.456 e. The molecule has 22 heavy (non-hydrogen) atoms. The van der Waals surface area contributed by atoms with Crippen molar-refractivity contribution >= 4 is 27.8 Å². The fourth-order valence-electron chi connectivity index (χ4n) is 5.41. The first-order valence-corrected chi connectivity index (χ1v) is 9.21. The molecule has 4 saturated carbocycles. The first-order valence-electron chi connectivity index (χ1n) is 8.41. The average Bonchev–Trinajstić information content (AvgIpc) is 2.31. The number of nitrogens with one attached hydrogen (secondary N) is 1. The quantitative estimate of drug-likeness (QED) is 0.596. The first kappa shape index (κ1) is 16.3. The van der Waals surface area contributed by atoms with Crippen LogP contribution < -0.4 is 5.32 Å². The number of halogens is 1. The zero-order chi connectivity index (χ0) is 16.0. The molecule has 4 fully saturated rings. The van der Waals surface area contributed by atoms with Crippen LogP contribution in [0.25, 0.3) is 0 Å². The van der Waals surface area contributed by atoms with E-state index in [-0.39, 0.29) is 34.3 Å². The van der Waals surface area contributed by atoms with Crippen LogP contribution in [0.2, 0.25) is 0 Å². The standard InChI is InChI=1S/C17H26BrNO3/c1-11(2)19-14(20)9-22-15(21)8-16-4-12-3-13(5-16)7-17(18,6-12)10-16/h11-13H,3-10H2,1-2H3,(H,19,20)/t12-,13+,16?,17?.